The minimum absolute atomic E-state index is 0.632. The van der Waals surface area contributed by atoms with Crippen molar-refractivity contribution in [2.24, 2.45) is 0 Å². The van der Waals surface area contributed by atoms with Gasteiger partial charge in [-0.2, -0.15) is 0 Å². The number of fused-ring (bicyclic) bond motifs is 10. The van der Waals surface area contributed by atoms with Crippen molar-refractivity contribution in [3.8, 4) is 56.7 Å². The summed E-state index contributed by atoms with van der Waals surface area (Å²) in [5.74, 6) is 1.91. The van der Waals surface area contributed by atoms with Crippen molar-refractivity contribution in [1.82, 2.24) is 24.1 Å². The second kappa shape index (κ2) is 14.2. The molecular weight excluding hydrogens is 787 g/mol. The second-order valence-electron chi connectivity index (χ2n) is 16.0. The third-order valence-electron chi connectivity index (χ3n) is 12.4. The molecule has 0 spiro atoms. The Kier molecular flexibility index (Phi) is 8.01. The van der Waals surface area contributed by atoms with Gasteiger partial charge < -0.3 is 9.13 Å². The lowest BCUT2D eigenvalue weighted by Gasteiger charge is -2.10. The number of benzene rings is 9. The van der Waals surface area contributed by atoms with Gasteiger partial charge in [-0.05, 0) is 59.7 Å². The van der Waals surface area contributed by atoms with Gasteiger partial charge in [0.15, 0.2) is 17.5 Å². The molecule has 0 aliphatic rings. The monoisotopic (exact) mass is 821 g/mol. The fraction of sp³-hybridized carbons (Fsp3) is 0. The molecule has 63 heavy (non-hydrogen) atoms. The van der Waals surface area contributed by atoms with Crippen molar-refractivity contribution < 1.29 is 0 Å². The Morgan fingerprint density at radius 1 is 0.302 bits per heavy atom. The van der Waals surface area contributed by atoms with E-state index in [1.807, 2.05) is 35.6 Å². The summed E-state index contributed by atoms with van der Waals surface area (Å²) in [5.41, 5.74) is 12.2. The lowest BCUT2D eigenvalue weighted by Crippen LogP contribution is -2.00. The number of nitrogens with zero attached hydrogens (tertiary/aromatic N) is 5. The average Bonchev–Trinajstić information content (AvgIpc) is 4.03. The van der Waals surface area contributed by atoms with E-state index in [0.717, 1.165) is 38.8 Å². The van der Waals surface area contributed by atoms with Gasteiger partial charge in [-0.15, -0.1) is 11.3 Å². The molecule has 0 unspecified atom stereocenters. The van der Waals surface area contributed by atoms with Gasteiger partial charge in [-0.25, -0.2) is 15.0 Å². The zero-order chi connectivity index (χ0) is 41.4. The Bertz CT molecular complexity index is 3830. The molecule has 6 heteroatoms. The minimum Gasteiger partial charge on any atom is -0.308 e. The normalized spacial score (nSPS) is 11.8. The highest BCUT2D eigenvalue weighted by molar-refractivity contribution is 7.27. The number of aromatic nitrogens is 5. The minimum atomic E-state index is 0.632. The molecule has 0 fully saturated rings. The number of hydrogen-bond donors (Lipinski definition) is 0. The van der Waals surface area contributed by atoms with E-state index in [1.54, 1.807) is 0 Å². The molecule has 5 nitrogen and oxygen atoms in total. The van der Waals surface area contributed by atoms with Crippen LogP contribution in [0.25, 0.3) is 120 Å². The quantitative estimate of drug-likeness (QED) is 0.168. The van der Waals surface area contributed by atoms with Crippen molar-refractivity contribution in [3.63, 3.8) is 0 Å². The molecule has 0 N–H and O–H groups in total. The van der Waals surface area contributed by atoms with Crippen molar-refractivity contribution in [2.75, 3.05) is 0 Å². The molecule has 9 aromatic carbocycles. The molecule has 294 valence electrons. The second-order valence-corrected chi connectivity index (χ2v) is 17.0. The van der Waals surface area contributed by atoms with E-state index < -0.39 is 0 Å². The summed E-state index contributed by atoms with van der Waals surface area (Å²) >= 11 is 1.88. The zero-order valence-corrected chi connectivity index (χ0v) is 34.7. The van der Waals surface area contributed by atoms with Crippen LogP contribution >= 0.6 is 11.3 Å². The van der Waals surface area contributed by atoms with E-state index in [0.29, 0.717) is 17.5 Å². The van der Waals surface area contributed by atoms with Gasteiger partial charge in [0.25, 0.3) is 0 Å². The highest BCUT2D eigenvalue weighted by Crippen LogP contribution is 2.46. The van der Waals surface area contributed by atoms with Crippen LogP contribution in [0.15, 0.2) is 212 Å². The maximum atomic E-state index is 5.18. The van der Waals surface area contributed by atoms with Gasteiger partial charge in [0, 0.05) is 54.7 Å². The summed E-state index contributed by atoms with van der Waals surface area (Å²) in [6.07, 6.45) is 0. The SMILES string of the molecule is c1ccc(-c2ccc(-c3nc(-c4ccccc4)nc(-c4ccc5c(c4)c4ccc6c7cccc(-n8c9ccccc9c9ccccc98)c7sc6c4n5-c4ccccc4)n3)cc2)cc1. The number of hydrogen-bond acceptors (Lipinski definition) is 4. The Hall–Kier alpha value is -8.19. The molecule has 0 saturated heterocycles. The summed E-state index contributed by atoms with van der Waals surface area (Å²) in [6.45, 7) is 0. The van der Waals surface area contributed by atoms with Crippen LogP contribution in [0.1, 0.15) is 0 Å². The van der Waals surface area contributed by atoms with E-state index in [-0.39, 0.29) is 0 Å². The zero-order valence-electron chi connectivity index (χ0n) is 33.9. The molecule has 13 aromatic rings. The van der Waals surface area contributed by atoms with Crippen LogP contribution in [0, 0.1) is 0 Å². The molecule has 0 saturated carbocycles. The first-order chi connectivity index (χ1) is 31.2. The van der Waals surface area contributed by atoms with Crippen LogP contribution in [-0.4, -0.2) is 24.1 Å². The fourth-order valence-corrected chi connectivity index (χ4v) is 10.8. The Morgan fingerprint density at radius 2 is 0.778 bits per heavy atom. The standard InChI is InChI=1S/C57H35N5S/c1-4-15-36(16-5-1)37-27-29-39(30-28-37)56-58-55(38-17-6-2-7-18-38)59-57(60-56)40-31-34-50-47(35-40)44-32-33-46-45-23-14-26-51(53(45)63-54(46)52(44)61(50)41-19-8-3-9-20-41)62-48-24-12-10-21-42(48)43-22-11-13-25-49(43)62/h1-35H. The van der Waals surface area contributed by atoms with Gasteiger partial charge in [0.1, 0.15) is 0 Å². The van der Waals surface area contributed by atoms with Crippen LogP contribution in [0.2, 0.25) is 0 Å². The van der Waals surface area contributed by atoms with Crippen LogP contribution < -0.4 is 0 Å². The number of thiophene rings is 1. The van der Waals surface area contributed by atoms with Crippen LogP contribution in [-0.2, 0) is 0 Å². The third kappa shape index (κ3) is 5.66. The van der Waals surface area contributed by atoms with Crippen LogP contribution in [0.5, 0.6) is 0 Å². The van der Waals surface area contributed by atoms with Gasteiger partial charge in [0.05, 0.1) is 37.2 Å². The van der Waals surface area contributed by atoms with Crippen molar-refractivity contribution in [3.05, 3.63) is 212 Å². The first-order valence-corrected chi connectivity index (χ1v) is 22.0. The maximum Gasteiger partial charge on any atom is 0.164 e. The van der Waals surface area contributed by atoms with Gasteiger partial charge in [0.2, 0.25) is 0 Å². The summed E-state index contributed by atoms with van der Waals surface area (Å²) in [6, 6.07) is 75.4. The predicted octanol–water partition coefficient (Wildman–Crippen LogP) is 15.1. The molecule has 13 rings (SSSR count). The van der Waals surface area contributed by atoms with Crippen molar-refractivity contribution in [2.45, 2.75) is 0 Å². The fourth-order valence-electron chi connectivity index (χ4n) is 9.47. The number of rotatable bonds is 6. The molecule has 0 radical (unpaired) electrons. The van der Waals surface area contributed by atoms with E-state index >= 15 is 0 Å². The van der Waals surface area contributed by atoms with E-state index in [2.05, 4.69) is 197 Å². The maximum absolute atomic E-state index is 5.18. The summed E-state index contributed by atoms with van der Waals surface area (Å²) in [7, 11) is 0. The Morgan fingerprint density at radius 3 is 1.46 bits per heavy atom. The number of para-hydroxylation sites is 3. The highest BCUT2D eigenvalue weighted by atomic mass is 32.1. The first kappa shape index (κ1) is 35.6. The largest absolute Gasteiger partial charge is 0.308 e. The van der Waals surface area contributed by atoms with Crippen molar-refractivity contribution >= 4 is 75.1 Å². The molecule has 0 atom stereocenters. The molecule has 4 heterocycles. The molecule has 0 aliphatic heterocycles. The third-order valence-corrected chi connectivity index (χ3v) is 13.6. The predicted molar refractivity (Wildman–Crippen MR) is 263 cm³/mol. The molecule has 0 bridgehead atoms. The summed E-state index contributed by atoms with van der Waals surface area (Å²) in [4.78, 5) is 15.4. The lowest BCUT2D eigenvalue weighted by atomic mass is 10.0. The van der Waals surface area contributed by atoms with Gasteiger partial charge >= 0.3 is 0 Å². The molecule has 4 aromatic heterocycles. The Balaban J connectivity index is 1.03. The molecular formula is C57H35N5S. The summed E-state index contributed by atoms with van der Waals surface area (Å²) < 4.78 is 7.41. The van der Waals surface area contributed by atoms with E-state index in [9.17, 15) is 0 Å². The lowest BCUT2D eigenvalue weighted by molar-refractivity contribution is 1.07. The van der Waals surface area contributed by atoms with Crippen LogP contribution in [0.4, 0.5) is 0 Å². The average molecular weight is 822 g/mol. The highest BCUT2D eigenvalue weighted by Gasteiger charge is 2.22. The molecule has 0 aliphatic carbocycles. The van der Waals surface area contributed by atoms with E-state index in [4.69, 9.17) is 15.0 Å². The molecule has 0 amide bonds. The van der Waals surface area contributed by atoms with Crippen molar-refractivity contribution in [1.29, 1.82) is 0 Å². The van der Waals surface area contributed by atoms with E-state index in [1.165, 1.54) is 64.1 Å². The van der Waals surface area contributed by atoms with Gasteiger partial charge in [-0.3, -0.25) is 0 Å². The van der Waals surface area contributed by atoms with Gasteiger partial charge in [-0.1, -0.05) is 164 Å². The van der Waals surface area contributed by atoms with Crippen LogP contribution in [0.3, 0.4) is 0 Å². The topological polar surface area (TPSA) is 48.5 Å². The summed E-state index contributed by atoms with van der Waals surface area (Å²) in [5, 5.41) is 7.35. The first-order valence-electron chi connectivity index (χ1n) is 21.2. The smallest absolute Gasteiger partial charge is 0.164 e. The Labute approximate surface area is 366 Å².